The van der Waals surface area contributed by atoms with Crippen molar-refractivity contribution in [2.24, 2.45) is 5.73 Å². The molecule has 1 atom stereocenters. The largest absolute Gasteiger partial charge is 0.352 e. The van der Waals surface area contributed by atoms with Gasteiger partial charge >= 0.3 is 6.03 Å². The zero-order chi connectivity index (χ0) is 14.8. The first-order valence-electron chi connectivity index (χ1n) is 6.82. The maximum Gasteiger partial charge on any atom is 0.312 e. The van der Waals surface area contributed by atoms with Gasteiger partial charge in [0.25, 0.3) is 0 Å². The monoisotopic (exact) mass is 275 g/mol. The Bertz CT molecular complexity index is 526. The number of benzene rings is 1. The fourth-order valence-corrected chi connectivity index (χ4v) is 2.78. The highest BCUT2D eigenvalue weighted by atomic mass is 16.2. The van der Waals surface area contributed by atoms with Crippen LogP contribution in [0.1, 0.15) is 43.9 Å². The van der Waals surface area contributed by atoms with E-state index in [2.05, 4.69) is 36.6 Å². The molecular formula is C15H21N3O2. The van der Waals surface area contributed by atoms with E-state index >= 15 is 0 Å². The van der Waals surface area contributed by atoms with E-state index < -0.39 is 6.03 Å². The van der Waals surface area contributed by atoms with Crippen LogP contribution in [0, 0.1) is 0 Å². The topological polar surface area (TPSA) is 84.2 Å². The van der Waals surface area contributed by atoms with Crippen LogP contribution >= 0.6 is 0 Å². The predicted molar refractivity (Wildman–Crippen MR) is 77.2 cm³/mol. The second-order valence-corrected chi connectivity index (χ2v) is 5.85. The number of carbonyl (C=O) groups excluding carboxylic acids is 2. The normalized spacial score (nSPS) is 19.8. The van der Waals surface area contributed by atoms with Crippen molar-refractivity contribution in [2.75, 3.05) is 6.54 Å². The fourth-order valence-electron chi connectivity index (χ4n) is 2.78. The Kier molecular flexibility index (Phi) is 3.97. The molecule has 1 aliphatic carbocycles. The third-order valence-corrected chi connectivity index (χ3v) is 3.88. The zero-order valence-electron chi connectivity index (χ0n) is 11.9. The van der Waals surface area contributed by atoms with Gasteiger partial charge in [0.15, 0.2) is 0 Å². The number of nitrogens with two attached hydrogens (primary N) is 1. The summed E-state index contributed by atoms with van der Waals surface area (Å²) >= 11 is 0. The lowest BCUT2D eigenvalue weighted by Gasteiger charge is -2.37. The van der Waals surface area contributed by atoms with Crippen molar-refractivity contribution in [1.82, 2.24) is 10.6 Å². The molecule has 1 aromatic carbocycles. The van der Waals surface area contributed by atoms with Crippen molar-refractivity contribution in [1.29, 1.82) is 0 Å². The molecule has 0 heterocycles. The molecule has 4 N–H and O–H groups in total. The van der Waals surface area contributed by atoms with Crippen molar-refractivity contribution in [3.05, 3.63) is 35.4 Å². The molecule has 0 aromatic heterocycles. The standard InChI is InChI=1S/C15H21N3O2/c1-15(2)8-7-12(10-5-3-4-6-11(10)15)18-13(19)9-17-14(16)20/h3-6,12H,7-9H2,1-2H3,(H,18,19)(H3,16,17,20)/t12-/m1/s1. The highest BCUT2D eigenvalue weighted by Gasteiger charge is 2.32. The number of fused-ring (bicyclic) bond motifs is 1. The summed E-state index contributed by atoms with van der Waals surface area (Å²) in [5, 5.41) is 5.26. The third kappa shape index (κ3) is 3.10. The van der Waals surface area contributed by atoms with Gasteiger partial charge in [-0.3, -0.25) is 4.79 Å². The molecule has 108 valence electrons. The Morgan fingerprint density at radius 1 is 1.35 bits per heavy atom. The molecule has 0 aliphatic heterocycles. The quantitative estimate of drug-likeness (QED) is 0.782. The number of nitrogens with one attached hydrogen (secondary N) is 2. The molecule has 1 aliphatic rings. The van der Waals surface area contributed by atoms with E-state index in [4.69, 9.17) is 5.73 Å². The van der Waals surface area contributed by atoms with Gasteiger partial charge in [-0.05, 0) is 29.4 Å². The summed E-state index contributed by atoms with van der Waals surface area (Å²) in [7, 11) is 0. The second-order valence-electron chi connectivity index (χ2n) is 5.85. The molecule has 3 amide bonds. The zero-order valence-corrected chi connectivity index (χ0v) is 11.9. The summed E-state index contributed by atoms with van der Waals surface area (Å²) in [6, 6.07) is 7.50. The van der Waals surface area contributed by atoms with Crippen LogP contribution in [0.25, 0.3) is 0 Å². The first kappa shape index (κ1) is 14.4. The first-order valence-corrected chi connectivity index (χ1v) is 6.82. The van der Waals surface area contributed by atoms with E-state index in [1.54, 1.807) is 0 Å². The minimum atomic E-state index is -0.690. The van der Waals surface area contributed by atoms with Crippen LogP contribution in [0.15, 0.2) is 24.3 Å². The van der Waals surface area contributed by atoms with Crippen molar-refractivity contribution in [3.8, 4) is 0 Å². The van der Waals surface area contributed by atoms with Crippen LogP contribution in [-0.2, 0) is 10.2 Å². The number of amides is 3. The van der Waals surface area contributed by atoms with E-state index in [-0.39, 0.29) is 23.9 Å². The van der Waals surface area contributed by atoms with Gasteiger partial charge in [0.1, 0.15) is 0 Å². The van der Waals surface area contributed by atoms with Gasteiger partial charge in [0.05, 0.1) is 12.6 Å². The Labute approximate surface area is 118 Å². The van der Waals surface area contributed by atoms with E-state index in [1.807, 2.05) is 12.1 Å². The molecule has 0 unspecified atom stereocenters. The summed E-state index contributed by atoms with van der Waals surface area (Å²) in [6.45, 7) is 4.36. The molecule has 0 saturated heterocycles. The van der Waals surface area contributed by atoms with E-state index in [0.29, 0.717) is 0 Å². The Morgan fingerprint density at radius 3 is 2.75 bits per heavy atom. The summed E-state index contributed by atoms with van der Waals surface area (Å²) in [6.07, 6.45) is 1.91. The molecule has 0 bridgehead atoms. The average Bonchev–Trinajstić information content (AvgIpc) is 2.40. The maximum absolute atomic E-state index is 11.8. The minimum absolute atomic E-state index is 0.00130. The Balaban J connectivity index is 2.11. The van der Waals surface area contributed by atoms with Crippen LogP contribution < -0.4 is 16.4 Å². The van der Waals surface area contributed by atoms with Gasteiger partial charge in [0, 0.05) is 0 Å². The van der Waals surface area contributed by atoms with Gasteiger partial charge in [-0.25, -0.2) is 4.79 Å². The maximum atomic E-state index is 11.8. The molecule has 0 fully saturated rings. The number of hydrogen-bond donors (Lipinski definition) is 3. The lowest BCUT2D eigenvalue weighted by molar-refractivity contribution is -0.121. The summed E-state index contributed by atoms with van der Waals surface area (Å²) in [5.74, 6) is -0.219. The van der Waals surface area contributed by atoms with Crippen LogP contribution in [0.2, 0.25) is 0 Å². The number of primary amides is 1. The van der Waals surface area contributed by atoms with E-state index in [0.717, 1.165) is 18.4 Å². The number of rotatable bonds is 3. The van der Waals surface area contributed by atoms with Gasteiger partial charge in [-0.2, -0.15) is 0 Å². The van der Waals surface area contributed by atoms with E-state index in [1.165, 1.54) is 5.56 Å². The Morgan fingerprint density at radius 2 is 2.05 bits per heavy atom. The van der Waals surface area contributed by atoms with Crippen molar-refractivity contribution >= 4 is 11.9 Å². The van der Waals surface area contributed by atoms with Crippen LogP contribution in [0.3, 0.4) is 0 Å². The van der Waals surface area contributed by atoms with Gasteiger partial charge in [-0.1, -0.05) is 38.1 Å². The summed E-state index contributed by atoms with van der Waals surface area (Å²) in [5.41, 5.74) is 7.52. The number of hydrogen-bond acceptors (Lipinski definition) is 2. The fraction of sp³-hybridized carbons (Fsp3) is 0.467. The molecular weight excluding hydrogens is 254 g/mol. The number of urea groups is 1. The van der Waals surface area contributed by atoms with Gasteiger partial charge in [0.2, 0.25) is 5.91 Å². The van der Waals surface area contributed by atoms with Crippen LogP contribution in [-0.4, -0.2) is 18.5 Å². The average molecular weight is 275 g/mol. The molecule has 5 nitrogen and oxygen atoms in total. The molecule has 5 heteroatoms. The highest BCUT2D eigenvalue weighted by molar-refractivity contribution is 5.83. The van der Waals surface area contributed by atoms with Crippen molar-refractivity contribution in [3.63, 3.8) is 0 Å². The highest BCUT2D eigenvalue weighted by Crippen LogP contribution is 2.41. The van der Waals surface area contributed by atoms with Crippen LogP contribution in [0.4, 0.5) is 4.79 Å². The molecule has 0 saturated carbocycles. The number of carbonyl (C=O) groups is 2. The van der Waals surface area contributed by atoms with E-state index in [9.17, 15) is 9.59 Å². The summed E-state index contributed by atoms with van der Waals surface area (Å²) < 4.78 is 0. The SMILES string of the molecule is CC1(C)CC[C@@H](NC(=O)CNC(N)=O)c2ccccc21. The lowest BCUT2D eigenvalue weighted by atomic mass is 9.71. The first-order chi connectivity index (χ1) is 9.40. The lowest BCUT2D eigenvalue weighted by Crippen LogP contribution is -2.42. The third-order valence-electron chi connectivity index (χ3n) is 3.88. The molecule has 0 spiro atoms. The molecule has 20 heavy (non-hydrogen) atoms. The summed E-state index contributed by atoms with van der Waals surface area (Å²) in [4.78, 5) is 22.4. The molecule has 1 aromatic rings. The van der Waals surface area contributed by atoms with Gasteiger partial charge < -0.3 is 16.4 Å². The Hall–Kier alpha value is -2.04. The van der Waals surface area contributed by atoms with Crippen LogP contribution in [0.5, 0.6) is 0 Å². The molecule has 2 rings (SSSR count). The smallest absolute Gasteiger partial charge is 0.312 e. The predicted octanol–water partition coefficient (Wildman–Crippen LogP) is 1.58. The second kappa shape index (κ2) is 5.53. The molecule has 0 radical (unpaired) electrons. The van der Waals surface area contributed by atoms with Crippen molar-refractivity contribution in [2.45, 2.75) is 38.1 Å². The van der Waals surface area contributed by atoms with Crippen molar-refractivity contribution < 1.29 is 9.59 Å². The minimum Gasteiger partial charge on any atom is -0.352 e. The van der Waals surface area contributed by atoms with Gasteiger partial charge in [-0.15, -0.1) is 0 Å².